The van der Waals surface area contributed by atoms with Gasteiger partial charge in [0.15, 0.2) is 0 Å². The van der Waals surface area contributed by atoms with Gasteiger partial charge in [0.1, 0.15) is 5.82 Å². The first-order valence-electron chi connectivity index (χ1n) is 7.66. The standard InChI is InChI=1S/C16H27N3O/c1-12(2)10-15(20)13-5-8-19(9-6-13)11-14-4-3-7-18-16(14)17/h3-4,7,12-13,15,20H,5-6,8-11H2,1-2H3,(H2,17,18)/t15-/m1/s1. The van der Waals surface area contributed by atoms with Crippen LogP contribution in [0.2, 0.25) is 0 Å². The van der Waals surface area contributed by atoms with Crippen molar-refractivity contribution in [3.05, 3.63) is 23.9 Å². The lowest BCUT2D eigenvalue weighted by Gasteiger charge is -2.34. The molecule has 0 aliphatic carbocycles. The third kappa shape index (κ3) is 4.18. The molecule has 0 amide bonds. The summed E-state index contributed by atoms with van der Waals surface area (Å²) >= 11 is 0. The molecule has 3 N–H and O–H groups in total. The molecular formula is C16H27N3O. The van der Waals surface area contributed by atoms with Gasteiger partial charge in [-0.2, -0.15) is 0 Å². The maximum absolute atomic E-state index is 10.2. The predicted octanol–water partition coefficient (Wildman–Crippen LogP) is 2.28. The number of nitrogens with two attached hydrogens (primary N) is 1. The number of anilines is 1. The number of aliphatic hydroxyl groups is 1. The molecule has 1 fully saturated rings. The minimum atomic E-state index is -0.138. The van der Waals surface area contributed by atoms with Crippen LogP contribution in [0.1, 0.15) is 38.7 Å². The lowest BCUT2D eigenvalue weighted by molar-refractivity contribution is 0.0437. The maximum atomic E-state index is 10.2. The van der Waals surface area contributed by atoms with Gasteiger partial charge in [0, 0.05) is 18.3 Å². The molecule has 1 aliphatic rings. The average molecular weight is 277 g/mol. The molecule has 0 aromatic carbocycles. The van der Waals surface area contributed by atoms with Gasteiger partial charge in [-0.25, -0.2) is 4.98 Å². The van der Waals surface area contributed by atoms with Crippen LogP contribution in [0, 0.1) is 11.8 Å². The Labute approximate surface area is 122 Å². The summed E-state index contributed by atoms with van der Waals surface area (Å²) in [5.41, 5.74) is 7.00. The fraction of sp³-hybridized carbons (Fsp3) is 0.688. The van der Waals surface area contributed by atoms with Crippen LogP contribution in [0.3, 0.4) is 0 Å². The second-order valence-electron chi connectivity index (χ2n) is 6.36. The number of aromatic nitrogens is 1. The average Bonchev–Trinajstić information content (AvgIpc) is 2.41. The second-order valence-corrected chi connectivity index (χ2v) is 6.36. The number of piperidine rings is 1. The van der Waals surface area contributed by atoms with Gasteiger partial charge in [-0.15, -0.1) is 0 Å². The van der Waals surface area contributed by atoms with Crippen LogP contribution in [0.4, 0.5) is 5.82 Å². The molecule has 1 aromatic rings. The third-order valence-corrected chi connectivity index (χ3v) is 4.21. The Bertz CT molecular complexity index is 414. The summed E-state index contributed by atoms with van der Waals surface area (Å²) < 4.78 is 0. The molecular weight excluding hydrogens is 250 g/mol. The maximum Gasteiger partial charge on any atom is 0.127 e. The summed E-state index contributed by atoms with van der Waals surface area (Å²) in [5, 5.41) is 10.2. The lowest BCUT2D eigenvalue weighted by Crippen LogP contribution is -2.37. The Balaban J connectivity index is 1.81. The van der Waals surface area contributed by atoms with Gasteiger partial charge in [-0.05, 0) is 50.3 Å². The first-order valence-corrected chi connectivity index (χ1v) is 7.66. The van der Waals surface area contributed by atoms with E-state index in [2.05, 4.69) is 23.7 Å². The van der Waals surface area contributed by atoms with Gasteiger partial charge in [-0.3, -0.25) is 4.90 Å². The molecule has 2 heterocycles. The van der Waals surface area contributed by atoms with Crippen LogP contribution in [0.15, 0.2) is 18.3 Å². The number of pyridine rings is 1. The Kier molecular flexibility index (Phi) is 5.38. The zero-order valence-electron chi connectivity index (χ0n) is 12.6. The predicted molar refractivity (Wildman–Crippen MR) is 82.1 cm³/mol. The number of rotatable bonds is 5. The van der Waals surface area contributed by atoms with E-state index in [9.17, 15) is 5.11 Å². The van der Waals surface area contributed by atoms with Crippen LogP contribution in [-0.4, -0.2) is 34.2 Å². The number of aliphatic hydroxyl groups excluding tert-OH is 1. The van der Waals surface area contributed by atoms with Crippen molar-refractivity contribution < 1.29 is 5.11 Å². The van der Waals surface area contributed by atoms with Gasteiger partial charge in [-0.1, -0.05) is 19.9 Å². The number of hydrogen-bond acceptors (Lipinski definition) is 4. The van der Waals surface area contributed by atoms with Crippen LogP contribution in [0.25, 0.3) is 0 Å². The summed E-state index contributed by atoms with van der Waals surface area (Å²) in [4.78, 5) is 6.54. The van der Waals surface area contributed by atoms with E-state index in [4.69, 9.17) is 5.73 Å². The number of likely N-dealkylation sites (tertiary alicyclic amines) is 1. The normalized spacial score (nSPS) is 19.4. The third-order valence-electron chi connectivity index (χ3n) is 4.21. The molecule has 1 aromatic heterocycles. The monoisotopic (exact) mass is 277 g/mol. The van der Waals surface area contributed by atoms with Crippen LogP contribution in [0.5, 0.6) is 0 Å². The fourth-order valence-electron chi connectivity index (χ4n) is 3.00. The van der Waals surface area contributed by atoms with Crippen molar-refractivity contribution in [2.45, 2.75) is 45.8 Å². The Morgan fingerprint density at radius 1 is 1.40 bits per heavy atom. The molecule has 1 aliphatic heterocycles. The molecule has 1 atom stereocenters. The Morgan fingerprint density at radius 3 is 2.70 bits per heavy atom. The Hall–Kier alpha value is -1.13. The van der Waals surface area contributed by atoms with E-state index in [0.717, 1.165) is 44.5 Å². The van der Waals surface area contributed by atoms with E-state index in [1.165, 1.54) is 0 Å². The van der Waals surface area contributed by atoms with Gasteiger partial charge in [0.2, 0.25) is 0 Å². The van der Waals surface area contributed by atoms with Gasteiger partial charge >= 0.3 is 0 Å². The summed E-state index contributed by atoms with van der Waals surface area (Å²) in [7, 11) is 0. The first kappa shape index (κ1) is 15.3. The molecule has 1 saturated heterocycles. The first-order chi connectivity index (χ1) is 9.56. The van der Waals surface area contributed by atoms with Crippen molar-refractivity contribution in [1.82, 2.24) is 9.88 Å². The Morgan fingerprint density at radius 2 is 2.10 bits per heavy atom. The SMILES string of the molecule is CC(C)C[C@@H](O)C1CCN(Cc2cccnc2N)CC1. The zero-order chi connectivity index (χ0) is 14.5. The van der Waals surface area contributed by atoms with Crippen molar-refractivity contribution in [2.24, 2.45) is 11.8 Å². The van der Waals surface area contributed by atoms with E-state index in [0.29, 0.717) is 17.7 Å². The van der Waals surface area contributed by atoms with Crippen LogP contribution in [-0.2, 0) is 6.54 Å². The molecule has 0 radical (unpaired) electrons. The molecule has 0 bridgehead atoms. The largest absolute Gasteiger partial charge is 0.393 e. The molecule has 0 unspecified atom stereocenters. The molecule has 0 saturated carbocycles. The van der Waals surface area contributed by atoms with Crippen molar-refractivity contribution in [3.8, 4) is 0 Å². The fourth-order valence-corrected chi connectivity index (χ4v) is 3.00. The molecule has 0 spiro atoms. The van der Waals surface area contributed by atoms with Crippen LogP contribution >= 0.6 is 0 Å². The van der Waals surface area contributed by atoms with Crippen molar-refractivity contribution in [3.63, 3.8) is 0 Å². The van der Waals surface area contributed by atoms with Gasteiger partial charge < -0.3 is 10.8 Å². The molecule has 112 valence electrons. The van der Waals surface area contributed by atoms with Crippen LogP contribution < -0.4 is 5.73 Å². The second kappa shape index (κ2) is 7.04. The van der Waals surface area contributed by atoms with Crippen molar-refractivity contribution in [1.29, 1.82) is 0 Å². The highest BCUT2D eigenvalue weighted by Gasteiger charge is 2.25. The molecule has 20 heavy (non-hydrogen) atoms. The quantitative estimate of drug-likeness (QED) is 0.867. The summed E-state index contributed by atoms with van der Waals surface area (Å²) in [6.07, 6.45) is 4.66. The minimum absolute atomic E-state index is 0.138. The summed E-state index contributed by atoms with van der Waals surface area (Å²) in [5.74, 6) is 1.66. The van der Waals surface area contributed by atoms with E-state index in [-0.39, 0.29) is 6.10 Å². The topological polar surface area (TPSA) is 62.4 Å². The smallest absolute Gasteiger partial charge is 0.127 e. The van der Waals surface area contributed by atoms with E-state index in [1.54, 1.807) is 6.20 Å². The highest BCUT2D eigenvalue weighted by atomic mass is 16.3. The summed E-state index contributed by atoms with van der Waals surface area (Å²) in [6.45, 7) is 7.28. The van der Waals surface area contributed by atoms with Gasteiger partial charge in [0.05, 0.1) is 6.10 Å². The number of nitrogens with zero attached hydrogens (tertiary/aromatic N) is 2. The van der Waals surface area contributed by atoms with E-state index in [1.807, 2.05) is 12.1 Å². The van der Waals surface area contributed by atoms with Gasteiger partial charge in [0.25, 0.3) is 0 Å². The summed E-state index contributed by atoms with van der Waals surface area (Å²) in [6, 6.07) is 3.98. The lowest BCUT2D eigenvalue weighted by atomic mass is 9.87. The van der Waals surface area contributed by atoms with E-state index >= 15 is 0 Å². The molecule has 4 nitrogen and oxygen atoms in total. The number of hydrogen-bond donors (Lipinski definition) is 2. The number of nitrogen functional groups attached to an aromatic ring is 1. The molecule has 2 rings (SSSR count). The zero-order valence-corrected chi connectivity index (χ0v) is 12.6. The highest BCUT2D eigenvalue weighted by molar-refractivity contribution is 5.38. The van der Waals surface area contributed by atoms with Crippen molar-refractivity contribution in [2.75, 3.05) is 18.8 Å². The van der Waals surface area contributed by atoms with Crippen molar-refractivity contribution >= 4 is 5.82 Å². The van der Waals surface area contributed by atoms with E-state index < -0.39 is 0 Å². The highest BCUT2D eigenvalue weighted by Crippen LogP contribution is 2.25. The molecule has 4 heteroatoms. The minimum Gasteiger partial charge on any atom is -0.393 e.